The Labute approximate surface area is 102 Å². The molecule has 1 aromatic carbocycles. The van der Waals surface area contributed by atoms with Gasteiger partial charge in [-0.3, -0.25) is 0 Å². The van der Waals surface area contributed by atoms with Gasteiger partial charge in [0, 0.05) is 6.42 Å². The third kappa shape index (κ3) is 2.68. The van der Waals surface area contributed by atoms with Crippen LogP contribution in [0.3, 0.4) is 0 Å². The molecule has 3 rings (SSSR count). The normalized spacial score (nSPS) is 32.4. The molecule has 3 atom stereocenters. The summed E-state index contributed by atoms with van der Waals surface area (Å²) in [7, 11) is 0. The molecule has 0 spiro atoms. The van der Waals surface area contributed by atoms with Crippen LogP contribution in [0, 0.1) is 0 Å². The van der Waals surface area contributed by atoms with Crippen molar-refractivity contribution in [3.05, 3.63) is 35.9 Å². The summed E-state index contributed by atoms with van der Waals surface area (Å²) in [6.07, 6.45) is 3.43. The predicted molar refractivity (Wildman–Crippen MR) is 63.5 cm³/mol. The molecular weight excluding hydrogens is 216 g/mol. The molecule has 3 nitrogen and oxygen atoms in total. The van der Waals surface area contributed by atoms with Crippen LogP contribution in [0.15, 0.2) is 30.3 Å². The van der Waals surface area contributed by atoms with Gasteiger partial charge < -0.3 is 14.2 Å². The van der Waals surface area contributed by atoms with Crippen molar-refractivity contribution in [2.45, 2.75) is 44.4 Å². The van der Waals surface area contributed by atoms with Crippen molar-refractivity contribution < 1.29 is 14.2 Å². The lowest BCUT2D eigenvalue weighted by molar-refractivity contribution is -0.267. The van der Waals surface area contributed by atoms with E-state index in [1.54, 1.807) is 0 Å². The summed E-state index contributed by atoms with van der Waals surface area (Å²) >= 11 is 0. The Balaban J connectivity index is 1.55. The van der Waals surface area contributed by atoms with E-state index in [4.69, 9.17) is 14.2 Å². The largest absolute Gasteiger partial charge is 0.371 e. The zero-order valence-corrected chi connectivity index (χ0v) is 9.88. The van der Waals surface area contributed by atoms with Crippen LogP contribution in [0.25, 0.3) is 0 Å². The summed E-state index contributed by atoms with van der Waals surface area (Å²) in [6.45, 7) is 1.48. The van der Waals surface area contributed by atoms with E-state index in [1.165, 1.54) is 5.56 Å². The van der Waals surface area contributed by atoms with E-state index in [0.29, 0.717) is 6.61 Å². The highest BCUT2D eigenvalue weighted by molar-refractivity contribution is 5.13. The summed E-state index contributed by atoms with van der Waals surface area (Å²) in [6, 6.07) is 10.3. The van der Waals surface area contributed by atoms with E-state index in [-0.39, 0.29) is 18.5 Å². The molecule has 0 aliphatic carbocycles. The number of benzene rings is 1. The van der Waals surface area contributed by atoms with E-state index in [0.717, 1.165) is 25.9 Å². The van der Waals surface area contributed by atoms with Crippen LogP contribution in [0.4, 0.5) is 0 Å². The first-order valence-electron chi connectivity index (χ1n) is 6.34. The first-order chi connectivity index (χ1) is 8.42. The lowest BCUT2D eigenvalue weighted by atomic mass is 10.0. The van der Waals surface area contributed by atoms with Gasteiger partial charge in [-0.15, -0.1) is 0 Å². The molecule has 0 amide bonds. The summed E-state index contributed by atoms with van der Waals surface area (Å²) in [5.74, 6) is 0. The monoisotopic (exact) mass is 234 g/mol. The van der Waals surface area contributed by atoms with Crippen molar-refractivity contribution in [2.24, 2.45) is 0 Å². The van der Waals surface area contributed by atoms with Crippen LogP contribution in [0.2, 0.25) is 0 Å². The van der Waals surface area contributed by atoms with Gasteiger partial charge in [-0.05, 0) is 18.4 Å². The standard InChI is InChI=1S/C14H18O3/c1-2-4-11(5-3-1)10-16-12-6-7-14-15-9-8-13(12)17-14/h1-5,12-14H,6-10H2/t12-,13+,14+/m0/s1. The lowest BCUT2D eigenvalue weighted by Gasteiger charge is -2.39. The Bertz CT molecular complexity index is 352. The molecular formula is C14H18O3. The first-order valence-corrected chi connectivity index (χ1v) is 6.34. The molecule has 2 bridgehead atoms. The zero-order chi connectivity index (χ0) is 11.5. The molecule has 2 fully saturated rings. The fraction of sp³-hybridized carbons (Fsp3) is 0.571. The van der Waals surface area contributed by atoms with Crippen molar-refractivity contribution in [1.29, 1.82) is 0 Å². The van der Waals surface area contributed by atoms with E-state index < -0.39 is 0 Å². The van der Waals surface area contributed by atoms with Gasteiger partial charge in [0.15, 0.2) is 6.29 Å². The zero-order valence-electron chi connectivity index (χ0n) is 9.88. The lowest BCUT2D eigenvalue weighted by Crippen LogP contribution is -2.45. The molecule has 17 heavy (non-hydrogen) atoms. The highest BCUT2D eigenvalue weighted by atomic mass is 16.7. The van der Waals surface area contributed by atoms with Crippen LogP contribution < -0.4 is 0 Å². The molecule has 0 saturated carbocycles. The van der Waals surface area contributed by atoms with Crippen molar-refractivity contribution in [2.75, 3.05) is 6.61 Å². The minimum absolute atomic E-state index is 0.0188. The molecule has 2 aliphatic rings. The van der Waals surface area contributed by atoms with Gasteiger partial charge in [0.05, 0.1) is 25.4 Å². The van der Waals surface area contributed by atoms with Gasteiger partial charge in [-0.1, -0.05) is 30.3 Å². The summed E-state index contributed by atoms with van der Waals surface area (Å²) in [4.78, 5) is 0. The quantitative estimate of drug-likeness (QED) is 0.804. The highest BCUT2D eigenvalue weighted by Gasteiger charge is 2.35. The van der Waals surface area contributed by atoms with Gasteiger partial charge in [-0.25, -0.2) is 0 Å². The molecule has 0 unspecified atom stereocenters. The summed E-state index contributed by atoms with van der Waals surface area (Å²) < 4.78 is 17.2. The second kappa shape index (κ2) is 5.17. The van der Waals surface area contributed by atoms with Crippen LogP contribution in [0.5, 0.6) is 0 Å². The van der Waals surface area contributed by atoms with Gasteiger partial charge in [0.2, 0.25) is 0 Å². The highest BCUT2D eigenvalue weighted by Crippen LogP contribution is 2.29. The molecule has 2 aliphatic heterocycles. The summed E-state index contributed by atoms with van der Waals surface area (Å²) in [5.41, 5.74) is 1.22. The Morgan fingerprint density at radius 2 is 2.00 bits per heavy atom. The predicted octanol–water partition coefficient (Wildman–Crippen LogP) is 2.50. The van der Waals surface area contributed by atoms with Crippen LogP contribution in [0.1, 0.15) is 24.8 Å². The van der Waals surface area contributed by atoms with Crippen molar-refractivity contribution in [3.8, 4) is 0 Å². The van der Waals surface area contributed by atoms with Crippen molar-refractivity contribution in [3.63, 3.8) is 0 Å². The minimum atomic E-state index is 0.0188. The molecule has 0 radical (unpaired) electrons. The molecule has 0 aromatic heterocycles. The number of ether oxygens (including phenoxy) is 3. The Kier molecular flexibility index (Phi) is 3.41. The third-order valence-corrected chi connectivity index (χ3v) is 3.44. The van der Waals surface area contributed by atoms with Crippen molar-refractivity contribution >= 4 is 0 Å². The Hall–Kier alpha value is -0.900. The number of hydrogen-bond donors (Lipinski definition) is 0. The molecule has 92 valence electrons. The Morgan fingerprint density at radius 1 is 1.12 bits per heavy atom. The second-order valence-electron chi connectivity index (χ2n) is 4.68. The van der Waals surface area contributed by atoms with Gasteiger partial charge in [0.1, 0.15) is 0 Å². The maximum Gasteiger partial charge on any atom is 0.158 e. The first kappa shape index (κ1) is 11.2. The fourth-order valence-electron chi connectivity index (χ4n) is 2.50. The summed E-state index contributed by atoms with van der Waals surface area (Å²) in [5, 5.41) is 0. The average Bonchev–Trinajstić information content (AvgIpc) is 2.40. The smallest absolute Gasteiger partial charge is 0.158 e. The topological polar surface area (TPSA) is 27.7 Å². The van der Waals surface area contributed by atoms with E-state index in [9.17, 15) is 0 Å². The van der Waals surface area contributed by atoms with E-state index >= 15 is 0 Å². The number of fused-ring (bicyclic) bond motifs is 2. The van der Waals surface area contributed by atoms with Gasteiger partial charge in [-0.2, -0.15) is 0 Å². The molecule has 2 heterocycles. The molecule has 0 N–H and O–H groups in total. The van der Waals surface area contributed by atoms with Gasteiger partial charge >= 0.3 is 0 Å². The molecule has 1 aromatic rings. The second-order valence-corrected chi connectivity index (χ2v) is 4.68. The minimum Gasteiger partial charge on any atom is -0.371 e. The van der Waals surface area contributed by atoms with Crippen LogP contribution >= 0.6 is 0 Å². The third-order valence-electron chi connectivity index (χ3n) is 3.44. The van der Waals surface area contributed by atoms with Crippen LogP contribution in [-0.2, 0) is 20.8 Å². The van der Waals surface area contributed by atoms with E-state index in [2.05, 4.69) is 12.1 Å². The molecule has 3 heteroatoms. The van der Waals surface area contributed by atoms with E-state index in [1.807, 2.05) is 18.2 Å². The van der Waals surface area contributed by atoms with Crippen molar-refractivity contribution in [1.82, 2.24) is 0 Å². The molecule has 2 saturated heterocycles. The average molecular weight is 234 g/mol. The Morgan fingerprint density at radius 3 is 2.88 bits per heavy atom. The number of hydrogen-bond acceptors (Lipinski definition) is 3. The maximum atomic E-state index is 5.97. The maximum absolute atomic E-state index is 5.97. The SMILES string of the molecule is c1ccc(CO[C@H]2CC[C@@H]3OCC[C@H]2O3)cc1. The fourth-order valence-corrected chi connectivity index (χ4v) is 2.50. The van der Waals surface area contributed by atoms with Crippen LogP contribution in [-0.4, -0.2) is 25.1 Å². The number of rotatable bonds is 3. The van der Waals surface area contributed by atoms with Gasteiger partial charge in [0.25, 0.3) is 0 Å².